The molecule has 2 aromatic heterocycles. The van der Waals surface area contributed by atoms with Crippen LogP contribution >= 0.6 is 11.8 Å². The average molecular weight is 349 g/mol. The Labute approximate surface area is 143 Å². The molecule has 0 atom stereocenters. The van der Waals surface area contributed by atoms with Crippen LogP contribution in [0, 0.1) is 6.92 Å². The van der Waals surface area contributed by atoms with E-state index in [0.29, 0.717) is 11.9 Å². The van der Waals surface area contributed by atoms with Crippen molar-refractivity contribution in [2.45, 2.75) is 43.8 Å². The van der Waals surface area contributed by atoms with Gasteiger partial charge >= 0.3 is 6.01 Å². The molecule has 2 fully saturated rings. The predicted octanol–water partition coefficient (Wildman–Crippen LogP) is 1.64. The van der Waals surface area contributed by atoms with E-state index in [1.165, 1.54) is 24.6 Å². The number of carbonyl (C=O) groups is 1. The fourth-order valence-electron chi connectivity index (χ4n) is 2.79. The number of thioether (sulfide) groups is 1. The van der Waals surface area contributed by atoms with Gasteiger partial charge in [0.25, 0.3) is 0 Å². The molecule has 128 valence electrons. The van der Waals surface area contributed by atoms with Crippen molar-refractivity contribution in [2.75, 3.05) is 29.1 Å². The number of rotatable bonds is 6. The highest BCUT2D eigenvalue weighted by molar-refractivity contribution is 7.99. The van der Waals surface area contributed by atoms with E-state index < -0.39 is 0 Å². The summed E-state index contributed by atoms with van der Waals surface area (Å²) in [5, 5.41) is 15.7. The molecule has 1 saturated carbocycles. The summed E-state index contributed by atoms with van der Waals surface area (Å²) in [6.45, 7) is 3.77. The van der Waals surface area contributed by atoms with E-state index in [-0.39, 0.29) is 17.7 Å². The quantitative estimate of drug-likeness (QED) is 0.785. The maximum atomic E-state index is 12.0. The van der Waals surface area contributed by atoms with Crippen molar-refractivity contribution in [3.63, 3.8) is 0 Å². The second-order valence-corrected chi connectivity index (χ2v) is 7.00. The number of anilines is 2. The van der Waals surface area contributed by atoms with Crippen LogP contribution in [0.15, 0.2) is 9.68 Å². The molecule has 0 unspecified atom stereocenters. The first-order chi connectivity index (χ1) is 11.7. The van der Waals surface area contributed by atoms with Gasteiger partial charge in [0.1, 0.15) is 0 Å². The minimum absolute atomic E-state index is 0.125. The van der Waals surface area contributed by atoms with Crippen LogP contribution in [0.5, 0.6) is 0 Å². The molecule has 0 radical (unpaired) electrons. The number of hydrogen-bond acceptors (Lipinski definition) is 8. The Hall–Kier alpha value is -2.10. The van der Waals surface area contributed by atoms with Gasteiger partial charge in [-0.05, 0) is 32.6 Å². The highest BCUT2D eigenvalue weighted by atomic mass is 32.2. The molecule has 0 bridgehead atoms. The summed E-state index contributed by atoms with van der Waals surface area (Å²) < 4.78 is 7.08. The van der Waals surface area contributed by atoms with Crippen molar-refractivity contribution < 1.29 is 9.32 Å². The van der Waals surface area contributed by atoms with Crippen molar-refractivity contribution in [3.05, 3.63) is 5.82 Å². The lowest BCUT2D eigenvalue weighted by Crippen LogP contribution is -2.22. The first-order valence-corrected chi connectivity index (χ1v) is 9.12. The number of nitrogens with one attached hydrogen (secondary N) is 1. The van der Waals surface area contributed by atoms with Gasteiger partial charge in [-0.15, -0.1) is 10.2 Å². The molecule has 24 heavy (non-hydrogen) atoms. The van der Waals surface area contributed by atoms with Crippen LogP contribution in [0.3, 0.4) is 0 Å². The van der Waals surface area contributed by atoms with E-state index in [1.807, 2.05) is 0 Å². The molecule has 1 N–H and O–H groups in total. The molecule has 0 spiro atoms. The Kier molecular flexibility index (Phi) is 4.13. The Bertz CT molecular complexity index is 733. The van der Waals surface area contributed by atoms with Gasteiger partial charge in [0.05, 0.1) is 5.75 Å². The summed E-state index contributed by atoms with van der Waals surface area (Å²) in [4.78, 5) is 18.3. The molecule has 0 aromatic carbocycles. The molecule has 2 aromatic rings. The third-order valence-electron chi connectivity index (χ3n) is 4.05. The average Bonchev–Trinajstić information content (AvgIpc) is 2.98. The monoisotopic (exact) mass is 349 g/mol. The summed E-state index contributed by atoms with van der Waals surface area (Å²) in [5.41, 5.74) is 0. The van der Waals surface area contributed by atoms with Gasteiger partial charge in [-0.2, -0.15) is 4.98 Å². The number of aromatic nitrogens is 5. The van der Waals surface area contributed by atoms with Gasteiger partial charge in [0.15, 0.2) is 11.0 Å². The normalized spacial score (nSPS) is 17.5. The molecule has 1 saturated heterocycles. The maximum absolute atomic E-state index is 12.0. The van der Waals surface area contributed by atoms with Gasteiger partial charge in [0, 0.05) is 19.1 Å². The zero-order valence-electron chi connectivity index (χ0n) is 13.4. The maximum Gasteiger partial charge on any atom is 0.328 e. The highest BCUT2D eigenvalue weighted by Gasteiger charge is 2.32. The third-order valence-corrected chi connectivity index (χ3v) is 5.00. The van der Waals surface area contributed by atoms with Crippen molar-refractivity contribution in [3.8, 4) is 0 Å². The second kappa shape index (κ2) is 6.42. The molecule has 3 heterocycles. The lowest BCUT2D eigenvalue weighted by Gasteiger charge is -2.17. The van der Waals surface area contributed by atoms with Crippen LogP contribution in [-0.4, -0.2) is 49.7 Å². The van der Waals surface area contributed by atoms with E-state index in [1.54, 1.807) is 6.92 Å². The number of carbonyl (C=O) groups excluding carboxylic acids is 1. The van der Waals surface area contributed by atoms with Crippen molar-refractivity contribution >= 4 is 29.6 Å². The predicted molar refractivity (Wildman–Crippen MR) is 88.1 cm³/mol. The van der Waals surface area contributed by atoms with Crippen molar-refractivity contribution in [2.24, 2.45) is 0 Å². The van der Waals surface area contributed by atoms with Crippen LogP contribution < -0.4 is 10.2 Å². The topological polar surface area (TPSA) is 102 Å². The molecule has 1 aliphatic carbocycles. The van der Waals surface area contributed by atoms with Gasteiger partial charge in [-0.1, -0.05) is 16.9 Å². The number of nitrogens with zero attached hydrogens (tertiary/aromatic N) is 6. The van der Waals surface area contributed by atoms with Crippen LogP contribution in [0.25, 0.3) is 0 Å². The molecule has 2 aliphatic rings. The van der Waals surface area contributed by atoms with E-state index in [2.05, 4.69) is 35.1 Å². The molecular formula is C14H19N7O2S. The zero-order valence-corrected chi connectivity index (χ0v) is 14.3. The summed E-state index contributed by atoms with van der Waals surface area (Å²) in [6, 6.07) is 0.597. The van der Waals surface area contributed by atoms with Gasteiger partial charge in [-0.25, -0.2) is 0 Å². The number of amides is 1. The van der Waals surface area contributed by atoms with Crippen molar-refractivity contribution in [1.82, 2.24) is 24.9 Å². The molecule has 10 heteroatoms. The molecule has 9 nitrogen and oxygen atoms in total. The summed E-state index contributed by atoms with van der Waals surface area (Å²) in [7, 11) is 0. The van der Waals surface area contributed by atoms with E-state index in [0.717, 1.165) is 37.0 Å². The Morgan fingerprint density at radius 3 is 2.79 bits per heavy atom. The number of hydrogen-bond donors (Lipinski definition) is 1. The van der Waals surface area contributed by atoms with Crippen molar-refractivity contribution in [1.29, 1.82) is 0 Å². The Balaban J connectivity index is 1.41. The van der Waals surface area contributed by atoms with Crippen LogP contribution in [-0.2, 0) is 4.79 Å². The summed E-state index contributed by atoms with van der Waals surface area (Å²) in [5.74, 6) is 1.47. The minimum atomic E-state index is -0.197. The summed E-state index contributed by atoms with van der Waals surface area (Å²) >= 11 is 1.39. The largest absolute Gasteiger partial charge is 0.341 e. The standard InChI is InChI=1S/C14H19N7O2S/c1-9-15-12(23-19-9)16-11(22)8-24-14-18-17-13(20-6-2-3-7-20)21(14)10-4-5-10/h10H,2-8H2,1H3,(H,15,16,19,22). The first kappa shape index (κ1) is 15.4. The molecule has 4 rings (SSSR count). The number of aryl methyl sites for hydroxylation is 1. The smallest absolute Gasteiger partial charge is 0.328 e. The fourth-order valence-corrected chi connectivity index (χ4v) is 3.59. The van der Waals surface area contributed by atoms with E-state index >= 15 is 0 Å². The molecule has 1 amide bonds. The minimum Gasteiger partial charge on any atom is -0.341 e. The molecular weight excluding hydrogens is 330 g/mol. The highest BCUT2D eigenvalue weighted by Crippen LogP contribution is 2.41. The zero-order chi connectivity index (χ0) is 16.5. The Morgan fingerprint density at radius 2 is 2.12 bits per heavy atom. The van der Waals surface area contributed by atoms with Crippen LogP contribution in [0.4, 0.5) is 12.0 Å². The SMILES string of the molecule is Cc1noc(NC(=O)CSc2nnc(N3CCCC3)n2C2CC2)n1. The lowest BCUT2D eigenvalue weighted by molar-refractivity contribution is -0.114. The Morgan fingerprint density at radius 1 is 1.33 bits per heavy atom. The van der Waals surface area contributed by atoms with Crippen LogP contribution in [0.1, 0.15) is 37.5 Å². The van der Waals surface area contributed by atoms with E-state index in [4.69, 9.17) is 4.52 Å². The first-order valence-electron chi connectivity index (χ1n) is 8.13. The lowest BCUT2D eigenvalue weighted by atomic mass is 10.4. The third kappa shape index (κ3) is 3.23. The van der Waals surface area contributed by atoms with Crippen LogP contribution in [0.2, 0.25) is 0 Å². The summed E-state index contributed by atoms with van der Waals surface area (Å²) in [6.07, 6.45) is 4.71. The fraction of sp³-hybridized carbons (Fsp3) is 0.643. The van der Waals surface area contributed by atoms with Gasteiger partial charge in [-0.3, -0.25) is 14.7 Å². The molecule has 1 aliphatic heterocycles. The van der Waals surface area contributed by atoms with E-state index in [9.17, 15) is 4.79 Å². The second-order valence-electron chi connectivity index (χ2n) is 6.06. The van der Waals surface area contributed by atoms with Gasteiger partial charge < -0.3 is 9.42 Å². The van der Waals surface area contributed by atoms with Gasteiger partial charge in [0.2, 0.25) is 11.9 Å².